The molecule has 1 atom stereocenters. The number of rotatable bonds is 5. The molecule has 0 aromatic heterocycles. The second-order valence-electron chi connectivity index (χ2n) is 4.13. The molecular weight excluding hydrogens is 234 g/mol. The molecule has 1 aromatic rings. The van der Waals surface area contributed by atoms with Gasteiger partial charge in [0.1, 0.15) is 12.7 Å². The smallest absolute Gasteiger partial charge is 0.223 e. The summed E-state index contributed by atoms with van der Waals surface area (Å²) in [6.07, 6.45) is 0.574. The van der Waals surface area contributed by atoms with Gasteiger partial charge in [0.2, 0.25) is 5.91 Å². The van der Waals surface area contributed by atoms with E-state index in [-0.39, 0.29) is 25.0 Å². The highest BCUT2D eigenvalue weighted by atomic mass is 16.6. The normalized spacial score (nSPS) is 17.3. The second kappa shape index (κ2) is 6.26. The highest BCUT2D eigenvalue weighted by Crippen LogP contribution is 2.31. The van der Waals surface area contributed by atoms with Crippen LogP contribution in [0.3, 0.4) is 0 Å². The zero-order valence-corrected chi connectivity index (χ0v) is 10.1. The molecule has 1 amide bonds. The van der Waals surface area contributed by atoms with E-state index < -0.39 is 0 Å². The number of fused-ring (bicyclic) bond motifs is 1. The summed E-state index contributed by atoms with van der Waals surface area (Å²) in [5, 5.41) is 11.3. The quantitative estimate of drug-likeness (QED) is 0.756. The van der Waals surface area contributed by atoms with Crippen molar-refractivity contribution < 1.29 is 19.4 Å². The maximum absolute atomic E-state index is 11.6. The standard InChI is InChI=1S/C13H17NO4/c15-7-3-6-14-13(16)8-10-9-17-11-4-1-2-5-12(11)18-10/h1-2,4-5,10,15H,3,6-9H2,(H,14,16). The molecule has 0 bridgehead atoms. The van der Waals surface area contributed by atoms with E-state index in [1.54, 1.807) is 0 Å². The van der Waals surface area contributed by atoms with E-state index in [9.17, 15) is 4.79 Å². The zero-order valence-electron chi connectivity index (χ0n) is 10.1. The van der Waals surface area contributed by atoms with Gasteiger partial charge >= 0.3 is 0 Å². The molecule has 0 radical (unpaired) electrons. The average Bonchev–Trinajstić information content (AvgIpc) is 2.39. The molecule has 1 heterocycles. The number of aliphatic hydroxyl groups excluding tert-OH is 1. The number of amides is 1. The van der Waals surface area contributed by atoms with Crippen LogP contribution in [0, 0.1) is 0 Å². The molecule has 5 nitrogen and oxygen atoms in total. The van der Waals surface area contributed by atoms with Gasteiger partial charge in [0.05, 0.1) is 6.42 Å². The maximum Gasteiger partial charge on any atom is 0.223 e. The fraction of sp³-hybridized carbons (Fsp3) is 0.462. The summed E-state index contributed by atoms with van der Waals surface area (Å²) in [7, 11) is 0. The van der Waals surface area contributed by atoms with Gasteiger partial charge in [-0.05, 0) is 18.6 Å². The lowest BCUT2D eigenvalue weighted by atomic mass is 10.2. The Bertz CT molecular complexity index is 408. The van der Waals surface area contributed by atoms with Crippen LogP contribution < -0.4 is 14.8 Å². The van der Waals surface area contributed by atoms with Crippen molar-refractivity contribution in [2.75, 3.05) is 19.8 Å². The lowest BCUT2D eigenvalue weighted by molar-refractivity contribution is -0.123. The Morgan fingerprint density at radius 3 is 2.94 bits per heavy atom. The maximum atomic E-state index is 11.6. The van der Waals surface area contributed by atoms with Crippen molar-refractivity contribution >= 4 is 5.91 Å². The monoisotopic (exact) mass is 251 g/mol. The predicted octanol–water partition coefficient (Wildman–Crippen LogP) is 0.715. The summed E-state index contributed by atoms with van der Waals surface area (Å²) in [4.78, 5) is 11.6. The van der Waals surface area contributed by atoms with Gasteiger partial charge in [-0.2, -0.15) is 0 Å². The summed E-state index contributed by atoms with van der Waals surface area (Å²) in [6, 6.07) is 7.41. The van der Waals surface area contributed by atoms with Crippen LogP contribution in [-0.4, -0.2) is 36.9 Å². The number of nitrogens with one attached hydrogen (secondary N) is 1. The van der Waals surface area contributed by atoms with Crippen LogP contribution in [0.1, 0.15) is 12.8 Å². The highest BCUT2D eigenvalue weighted by Gasteiger charge is 2.22. The fourth-order valence-electron chi connectivity index (χ4n) is 1.75. The first kappa shape index (κ1) is 12.7. The summed E-state index contributed by atoms with van der Waals surface area (Å²) in [6.45, 7) is 0.945. The van der Waals surface area contributed by atoms with Gasteiger partial charge in [-0.3, -0.25) is 4.79 Å². The number of hydrogen-bond acceptors (Lipinski definition) is 4. The lowest BCUT2D eigenvalue weighted by Crippen LogP contribution is -2.36. The van der Waals surface area contributed by atoms with E-state index in [0.29, 0.717) is 25.3 Å². The molecule has 1 unspecified atom stereocenters. The van der Waals surface area contributed by atoms with Crippen LogP contribution in [0.2, 0.25) is 0 Å². The number of benzene rings is 1. The molecule has 5 heteroatoms. The number of aliphatic hydroxyl groups is 1. The largest absolute Gasteiger partial charge is 0.486 e. The van der Waals surface area contributed by atoms with Crippen LogP contribution in [0.15, 0.2) is 24.3 Å². The number of para-hydroxylation sites is 2. The molecule has 1 aliphatic rings. The topological polar surface area (TPSA) is 67.8 Å². The summed E-state index contributed by atoms with van der Waals surface area (Å²) < 4.78 is 11.2. The van der Waals surface area contributed by atoms with Crippen molar-refractivity contribution in [1.29, 1.82) is 0 Å². The van der Waals surface area contributed by atoms with Crippen molar-refractivity contribution in [3.8, 4) is 11.5 Å². The third-order valence-corrected chi connectivity index (χ3v) is 2.64. The molecular formula is C13H17NO4. The molecule has 0 aliphatic carbocycles. The van der Waals surface area contributed by atoms with Crippen molar-refractivity contribution in [3.05, 3.63) is 24.3 Å². The molecule has 1 aliphatic heterocycles. The lowest BCUT2D eigenvalue weighted by Gasteiger charge is -2.26. The van der Waals surface area contributed by atoms with Gasteiger partial charge in [0, 0.05) is 13.2 Å². The predicted molar refractivity (Wildman–Crippen MR) is 65.7 cm³/mol. The number of hydrogen-bond donors (Lipinski definition) is 2. The molecule has 98 valence electrons. The third kappa shape index (κ3) is 3.37. The molecule has 2 N–H and O–H groups in total. The highest BCUT2D eigenvalue weighted by molar-refractivity contribution is 5.76. The van der Waals surface area contributed by atoms with E-state index >= 15 is 0 Å². The second-order valence-corrected chi connectivity index (χ2v) is 4.13. The molecule has 0 spiro atoms. The minimum atomic E-state index is -0.256. The van der Waals surface area contributed by atoms with E-state index in [0.717, 1.165) is 5.75 Å². The fourth-order valence-corrected chi connectivity index (χ4v) is 1.75. The van der Waals surface area contributed by atoms with Crippen molar-refractivity contribution in [3.63, 3.8) is 0 Å². The van der Waals surface area contributed by atoms with Gasteiger partial charge in [0.15, 0.2) is 11.5 Å². The number of carbonyl (C=O) groups excluding carboxylic acids is 1. The van der Waals surface area contributed by atoms with E-state index in [2.05, 4.69) is 5.32 Å². The Hall–Kier alpha value is -1.75. The number of carbonyl (C=O) groups is 1. The third-order valence-electron chi connectivity index (χ3n) is 2.64. The van der Waals surface area contributed by atoms with Gasteiger partial charge in [-0.15, -0.1) is 0 Å². The molecule has 0 saturated heterocycles. The Morgan fingerprint density at radius 2 is 2.17 bits per heavy atom. The zero-order chi connectivity index (χ0) is 12.8. The Labute approximate surface area is 106 Å². The number of ether oxygens (including phenoxy) is 2. The Morgan fingerprint density at radius 1 is 1.39 bits per heavy atom. The van der Waals surface area contributed by atoms with E-state index in [4.69, 9.17) is 14.6 Å². The first-order valence-electron chi connectivity index (χ1n) is 6.05. The van der Waals surface area contributed by atoms with Gasteiger partial charge in [-0.25, -0.2) is 0 Å². The van der Waals surface area contributed by atoms with Crippen LogP contribution >= 0.6 is 0 Å². The van der Waals surface area contributed by atoms with Crippen molar-refractivity contribution in [2.45, 2.75) is 18.9 Å². The van der Waals surface area contributed by atoms with Crippen molar-refractivity contribution in [1.82, 2.24) is 5.32 Å². The Kier molecular flexibility index (Phi) is 4.41. The van der Waals surface area contributed by atoms with E-state index in [1.165, 1.54) is 0 Å². The van der Waals surface area contributed by atoms with Gasteiger partial charge < -0.3 is 19.9 Å². The SMILES string of the molecule is O=C(CC1COc2ccccc2O1)NCCCO. The molecule has 0 fully saturated rings. The van der Waals surface area contributed by atoms with Gasteiger partial charge in [0.25, 0.3) is 0 Å². The minimum absolute atomic E-state index is 0.0801. The van der Waals surface area contributed by atoms with Crippen molar-refractivity contribution in [2.24, 2.45) is 0 Å². The van der Waals surface area contributed by atoms with Crippen LogP contribution in [-0.2, 0) is 4.79 Å². The van der Waals surface area contributed by atoms with Gasteiger partial charge in [-0.1, -0.05) is 12.1 Å². The van der Waals surface area contributed by atoms with E-state index in [1.807, 2.05) is 24.3 Å². The summed E-state index contributed by atoms with van der Waals surface area (Å²) >= 11 is 0. The first-order chi connectivity index (χ1) is 8.79. The average molecular weight is 251 g/mol. The van der Waals surface area contributed by atoms with Crippen LogP contribution in [0.4, 0.5) is 0 Å². The molecule has 1 aromatic carbocycles. The molecule has 0 saturated carbocycles. The molecule has 2 rings (SSSR count). The Balaban J connectivity index is 1.80. The first-order valence-corrected chi connectivity index (χ1v) is 6.05. The van der Waals surface area contributed by atoms with Crippen LogP contribution in [0.5, 0.6) is 11.5 Å². The molecule has 18 heavy (non-hydrogen) atoms. The summed E-state index contributed by atoms with van der Waals surface area (Å²) in [5.41, 5.74) is 0. The summed E-state index contributed by atoms with van der Waals surface area (Å²) in [5.74, 6) is 1.31. The minimum Gasteiger partial charge on any atom is -0.486 e. The van der Waals surface area contributed by atoms with Crippen LogP contribution in [0.25, 0.3) is 0 Å².